The fourth-order valence-electron chi connectivity index (χ4n) is 2.96. The standard InChI is InChI=1S/C17H19N5O/c1-19-13-8-22(9-13)16-15-14(20-17(18)21-16)12(10-23-15)7-11-5-3-2-4-6-11/h2-6,10,13,19H,7-9H2,1H3,(H2,18,20,21). The Morgan fingerprint density at radius 2 is 2.04 bits per heavy atom. The van der Waals surface area contributed by atoms with Gasteiger partial charge in [-0.15, -0.1) is 0 Å². The SMILES string of the molecule is CNC1CN(c2nc(N)nc3c(Cc4ccccc4)coc23)C1. The van der Waals surface area contributed by atoms with E-state index in [1.165, 1.54) is 5.56 Å². The molecule has 1 aromatic carbocycles. The first-order chi connectivity index (χ1) is 11.2. The van der Waals surface area contributed by atoms with Crippen molar-refractivity contribution in [3.8, 4) is 0 Å². The highest BCUT2D eigenvalue weighted by Crippen LogP contribution is 2.31. The van der Waals surface area contributed by atoms with Crippen molar-refractivity contribution in [2.45, 2.75) is 12.5 Å². The third-order valence-electron chi connectivity index (χ3n) is 4.31. The molecule has 6 heteroatoms. The van der Waals surface area contributed by atoms with E-state index in [2.05, 4.69) is 32.3 Å². The lowest BCUT2D eigenvalue weighted by Crippen LogP contribution is -2.57. The van der Waals surface area contributed by atoms with Crippen molar-refractivity contribution >= 4 is 22.9 Å². The maximum atomic E-state index is 5.92. The van der Waals surface area contributed by atoms with Gasteiger partial charge in [0.25, 0.3) is 0 Å². The van der Waals surface area contributed by atoms with Gasteiger partial charge in [0.2, 0.25) is 5.95 Å². The second kappa shape index (κ2) is 5.55. The number of nitrogens with zero attached hydrogens (tertiary/aromatic N) is 3. The fraction of sp³-hybridized carbons (Fsp3) is 0.294. The van der Waals surface area contributed by atoms with Crippen molar-refractivity contribution in [2.75, 3.05) is 30.8 Å². The van der Waals surface area contributed by atoms with E-state index < -0.39 is 0 Å². The molecule has 118 valence electrons. The lowest BCUT2D eigenvalue weighted by Gasteiger charge is -2.39. The van der Waals surface area contributed by atoms with Gasteiger partial charge in [0.05, 0.1) is 6.26 Å². The van der Waals surface area contributed by atoms with Crippen molar-refractivity contribution in [1.29, 1.82) is 0 Å². The zero-order chi connectivity index (χ0) is 15.8. The van der Waals surface area contributed by atoms with Crippen molar-refractivity contribution in [2.24, 2.45) is 0 Å². The summed E-state index contributed by atoms with van der Waals surface area (Å²) in [7, 11) is 1.97. The Bertz CT molecular complexity index is 824. The molecular formula is C17H19N5O. The third-order valence-corrected chi connectivity index (χ3v) is 4.31. The summed E-state index contributed by atoms with van der Waals surface area (Å²) in [5, 5.41) is 3.25. The topological polar surface area (TPSA) is 80.2 Å². The highest BCUT2D eigenvalue weighted by atomic mass is 16.3. The predicted octanol–water partition coefficient (Wildman–Crippen LogP) is 1.80. The molecule has 0 bridgehead atoms. The van der Waals surface area contributed by atoms with E-state index in [9.17, 15) is 0 Å². The molecule has 0 saturated carbocycles. The van der Waals surface area contributed by atoms with Gasteiger partial charge in [0.15, 0.2) is 11.4 Å². The summed E-state index contributed by atoms with van der Waals surface area (Å²) >= 11 is 0. The largest absolute Gasteiger partial charge is 0.458 e. The molecule has 3 aromatic rings. The van der Waals surface area contributed by atoms with Crippen LogP contribution in [0.4, 0.5) is 11.8 Å². The summed E-state index contributed by atoms with van der Waals surface area (Å²) in [6, 6.07) is 10.8. The van der Waals surface area contributed by atoms with E-state index in [1.54, 1.807) is 6.26 Å². The normalized spacial score (nSPS) is 15.1. The van der Waals surface area contributed by atoms with Gasteiger partial charge in [0.1, 0.15) is 5.52 Å². The van der Waals surface area contributed by atoms with E-state index in [0.29, 0.717) is 6.04 Å². The van der Waals surface area contributed by atoms with Crippen LogP contribution in [0, 0.1) is 0 Å². The van der Waals surface area contributed by atoms with Crippen LogP contribution in [-0.2, 0) is 6.42 Å². The van der Waals surface area contributed by atoms with Gasteiger partial charge in [-0.05, 0) is 12.6 Å². The molecule has 0 spiro atoms. The molecule has 1 fully saturated rings. The smallest absolute Gasteiger partial charge is 0.222 e. The summed E-state index contributed by atoms with van der Waals surface area (Å²) in [6.45, 7) is 1.80. The Hall–Kier alpha value is -2.60. The summed E-state index contributed by atoms with van der Waals surface area (Å²) in [4.78, 5) is 11.0. The molecule has 3 heterocycles. The number of hydrogen-bond donors (Lipinski definition) is 2. The van der Waals surface area contributed by atoms with Crippen molar-refractivity contribution in [3.05, 3.63) is 47.7 Å². The summed E-state index contributed by atoms with van der Waals surface area (Å²) in [5.41, 5.74) is 9.71. The molecule has 4 rings (SSSR count). The first-order valence-corrected chi connectivity index (χ1v) is 7.74. The number of nitrogens with two attached hydrogens (primary N) is 1. The number of likely N-dealkylation sites (N-methyl/N-ethyl adjacent to an activating group) is 1. The number of rotatable bonds is 4. The number of benzene rings is 1. The minimum Gasteiger partial charge on any atom is -0.458 e. The van der Waals surface area contributed by atoms with Gasteiger partial charge in [0, 0.05) is 31.1 Å². The van der Waals surface area contributed by atoms with Gasteiger partial charge < -0.3 is 20.4 Å². The zero-order valence-electron chi connectivity index (χ0n) is 13.0. The van der Waals surface area contributed by atoms with Gasteiger partial charge in [-0.25, -0.2) is 4.98 Å². The molecule has 0 aliphatic carbocycles. The van der Waals surface area contributed by atoms with E-state index in [-0.39, 0.29) is 5.95 Å². The molecule has 1 saturated heterocycles. The van der Waals surface area contributed by atoms with Crippen LogP contribution in [-0.4, -0.2) is 36.1 Å². The van der Waals surface area contributed by atoms with Crippen LogP contribution in [0.15, 0.2) is 41.0 Å². The van der Waals surface area contributed by atoms with Crippen LogP contribution in [0.2, 0.25) is 0 Å². The highest BCUT2D eigenvalue weighted by Gasteiger charge is 2.29. The molecule has 0 radical (unpaired) electrons. The molecule has 23 heavy (non-hydrogen) atoms. The maximum Gasteiger partial charge on any atom is 0.222 e. The number of nitrogens with one attached hydrogen (secondary N) is 1. The van der Waals surface area contributed by atoms with Gasteiger partial charge in [-0.1, -0.05) is 30.3 Å². The molecule has 0 atom stereocenters. The van der Waals surface area contributed by atoms with Crippen LogP contribution in [0.1, 0.15) is 11.1 Å². The third kappa shape index (κ3) is 2.51. The molecular weight excluding hydrogens is 290 g/mol. The minimum atomic E-state index is 0.288. The van der Waals surface area contributed by atoms with Gasteiger partial charge >= 0.3 is 0 Å². The average Bonchev–Trinajstić information content (AvgIpc) is 2.90. The molecule has 2 aromatic heterocycles. The van der Waals surface area contributed by atoms with Crippen LogP contribution in [0.25, 0.3) is 11.1 Å². The van der Waals surface area contributed by atoms with Crippen molar-refractivity contribution in [3.63, 3.8) is 0 Å². The van der Waals surface area contributed by atoms with Gasteiger partial charge in [-0.3, -0.25) is 0 Å². The first-order valence-electron chi connectivity index (χ1n) is 7.74. The summed E-state index contributed by atoms with van der Waals surface area (Å²) in [6.07, 6.45) is 2.54. The van der Waals surface area contributed by atoms with Crippen molar-refractivity contribution in [1.82, 2.24) is 15.3 Å². The maximum absolute atomic E-state index is 5.92. The van der Waals surface area contributed by atoms with E-state index in [1.807, 2.05) is 25.2 Å². The predicted molar refractivity (Wildman–Crippen MR) is 90.5 cm³/mol. The minimum absolute atomic E-state index is 0.288. The number of hydrogen-bond acceptors (Lipinski definition) is 6. The van der Waals surface area contributed by atoms with E-state index >= 15 is 0 Å². The molecule has 1 aliphatic heterocycles. The second-order valence-electron chi connectivity index (χ2n) is 5.90. The quantitative estimate of drug-likeness (QED) is 0.765. The Morgan fingerprint density at radius 3 is 2.78 bits per heavy atom. The number of fused-ring (bicyclic) bond motifs is 1. The number of furan rings is 1. The van der Waals surface area contributed by atoms with Crippen LogP contribution in [0.5, 0.6) is 0 Å². The average molecular weight is 309 g/mol. The van der Waals surface area contributed by atoms with Crippen LogP contribution < -0.4 is 16.0 Å². The lowest BCUT2D eigenvalue weighted by molar-refractivity contribution is 0.446. The number of nitrogen functional groups attached to an aromatic ring is 1. The van der Waals surface area contributed by atoms with Crippen molar-refractivity contribution < 1.29 is 4.42 Å². The summed E-state index contributed by atoms with van der Waals surface area (Å²) in [5.74, 6) is 1.08. The van der Waals surface area contributed by atoms with E-state index in [0.717, 1.165) is 42.0 Å². The fourth-order valence-corrected chi connectivity index (χ4v) is 2.96. The summed E-state index contributed by atoms with van der Waals surface area (Å²) < 4.78 is 5.79. The molecule has 0 amide bonds. The Kier molecular flexibility index (Phi) is 3.38. The number of aromatic nitrogens is 2. The highest BCUT2D eigenvalue weighted by molar-refractivity contribution is 5.88. The monoisotopic (exact) mass is 309 g/mol. The number of anilines is 2. The van der Waals surface area contributed by atoms with Crippen LogP contribution in [0.3, 0.4) is 0 Å². The lowest BCUT2D eigenvalue weighted by atomic mass is 10.1. The van der Waals surface area contributed by atoms with E-state index in [4.69, 9.17) is 10.2 Å². The Balaban J connectivity index is 1.70. The second-order valence-corrected chi connectivity index (χ2v) is 5.90. The Morgan fingerprint density at radius 1 is 1.26 bits per heavy atom. The first kappa shape index (κ1) is 14.0. The molecule has 1 aliphatic rings. The molecule has 0 unspecified atom stereocenters. The zero-order valence-corrected chi connectivity index (χ0v) is 13.0. The molecule has 3 N–H and O–H groups in total. The van der Waals surface area contributed by atoms with Gasteiger partial charge in [-0.2, -0.15) is 4.98 Å². The molecule has 6 nitrogen and oxygen atoms in total. The Labute approximate surface area is 134 Å². The van der Waals surface area contributed by atoms with Crippen LogP contribution >= 0.6 is 0 Å².